The zero-order valence-corrected chi connectivity index (χ0v) is 15.4. The van der Waals surface area contributed by atoms with Gasteiger partial charge in [-0.3, -0.25) is 4.79 Å². The van der Waals surface area contributed by atoms with Crippen molar-refractivity contribution in [1.29, 1.82) is 0 Å². The molecular weight excluding hydrogens is 296 g/mol. The van der Waals surface area contributed by atoms with E-state index in [4.69, 9.17) is 0 Å². The Balaban J connectivity index is 2.22. The van der Waals surface area contributed by atoms with E-state index >= 15 is 0 Å². The van der Waals surface area contributed by atoms with Gasteiger partial charge in [0.2, 0.25) is 0 Å². The van der Waals surface area contributed by atoms with Gasteiger partial charge in [-0.05, 0) is 48.3 Å². The maximum atomic E-state index is 13.3. The molecule has 24 heavy (non-hydrogen) atoms. The number of aryl methyl sites for hydroxylation is 3. The molecule has 2 nitrogen and oxygen atoms in total. The molecule has 0 bridgehead atoms. The van der Waals surface area contributed by atoms with E-state index < -0.39 is 0 Å². The van der Waals surface area contributed by atoms with Crippen LogP contribution in [-0.2, 0) is 17.6 Å². The number of ketones is 1. The normalized spacial score (nSPS) is 29.3. The number of carbonyl (C=O) groups is 1. The zero-order chi connectivity index (χ0) is 17.6. The molecule has 1 N–H and O–H groups in total. The molecule has 4 atom stereocenters. The SMILES string of the molecule is CCc1cc(C)cc(CC)c1C1=C(O)[C@@H]2C(C)C=CC(C)[C@@H]2C1=O. The molecule has 1 aromatic carbocycles. The highest BCUT2D eigenvalue weighted by atomic mass is 16.3. The highest BCUT2D eigenvalue weighted by Crippen LogP contribution is 2.49. The lowest BCUT2D eigenvalue weighted by Gasteiger charge is -2.30. The van der Waals surface area contributed by atoms with Gasteiger partial charge in [0.25, 0.3) is 0 Å². The van der Waals surface area contributed by atoms with Crippen LogP contribution < -0.4 is 0 Å². The summed E-state index contributed by atoms with van der Waals surface area (Å²) < 4.78 is 0. The molecule has 2 aliphatic rings. The topological polar surface area (TPSA) is 37.3 Å². The van der Waals surface area contributed by atoms with Gasteiger partial charge in [-0.2, -0.15) is 0 Å². The summed E-state index contributed by atoms with van der Waals surface area (Å²) in [7, 11) is 0. The molecule has 1 aromatic rings. The minimum Gasteiger partial charge on any atom is -0.511 e. The molecule has 0 radical (unpaired) electrons. The summed E-state index contributed by atoms with van der Waals surface area (Å²) in [5.41, 5.74) is 5.17. The highest BCUT2D eigenvalue weighted by molar-refractivity contribution is 6.25. The fraction of sp³-hybridized carbons (Fsp3) is 0.500. The van der Waals surface area contributed by atoms with Crippen molar-refractivity contribution in [3.63, 3.8) is 0 Å². The first-order valence-corrected chi connectivity index (χ1v) is 9.19. The molecule has 0 heterocycles. The van der Waals surface area contributed by atoms with E-state index in [2.05, 4.69) is 58.9 Å². The number of allylic oxidation sites excluding steroid dienone is 4. The number of Topliss-reactive ketones (excluding diaryl/α,β-unsaturated/α-hetero) is 1. The van der Waals surface area contributed by atoms with Crippen LogP contribution in [0.5, 0.6) is 0 Å². The average molecular weight is 324 g/mol. The number of aliphatic hydroxyl groups is 1. The lowest BCUT2D eigenvalue weighted by Crippen LogP contribution is -2.31. The van der Waals surface area contributed by atoms with Crippen LogP contribution in [0.4, 0.5) is 0 Å². The van der Waals surface area contributed by atoms with Crippen LogP contribution in [0.2, 0.25) is 0 Å². The second-order valence-electron chi connectivity index (χ2n) is 7.44. The number of aliphatic hydroxyl groups excluding tert-OH is 1. The van der Waals surface area contributed by atoms with Crippen LogP contribution in [0.1, 0.15) is 49.9 Å². The Morgan fingerprint density at radius 3 is 1.92 bits per heavy atom. The van der Waals surface area contributed by atoms with Crippen LogP contribution in [0.25, 0.3) is 5.57 Å². The predicted molar refractivity (Wildman–Crippen MR) is 98.9 cm³/mol. The minimum atomic E-state index is -0.115. The summed E-state index contributed by atoms with van der Waals surface area (Å²) in [6.07, 6.45) is 6.02. The Morgan fingerprint density at radius 2 is 1.46 bits per heavy atom. The fourth-order valence-electron chi connectivity index (χ4n) is 4.60. The van der Waals surface area contributed by atoms with Crippen molar-refractivity contribution < 1.29 is 9.90 Å². The second kappa shape index (κ2) is 6.23. The third-order valence-electron chi connectivity index (χ3n) is 5.82. The predicted octanol–water partition coefficient (Wildman–Crippen LogP) is 5.05. The van der Waals surface area contributed by atoms with Gasteiger partial charge in [-0.15, -0.1) is 0 Å². The molecule has 0 saturated heterocycles. The van der Waals surface area contributed by atoms with Crippen LogP contribution in [-0.4, -0.2) is 10.9 Å². The van der Waals surface area contributed by atoms with Gasteiger partial charge in [-0.25, -0.2) is 0 Å². The third kappa shape index (κ3) is 2.44. The first-order chi connectivity index (χ1) is 11.4. The van der Waals surface area contributed by atoms with Crippen LogP contribution in [0.3, 0.4) is 0 Å². The van der Waals surface area contributed by atoms with Crippen LogP contribution in [0, 0.1) is 30.6 Å². The van der Waals surface area contributed by atoms with Crippen LogP contribution >= 0.6 is 0 Å². The quantitative estimate of drug-likeness (QED) is 0.790. The van der Waals surface area contributed by atoms with Gasteiger partial charge in [0.05, 0.1) is 5.57 Å². The van der Waals surface area contributed by atoms with E-state index in [1.165, 1.54) is 16.7 Å². The standard InChI is InChI=1S/C22H28O2/c1-6-15-10-12(3)11-16(7-2)19(15)20-21(23)17-13(4)8-9-14(5)18(17)22(20)24/h8-11,13-14,17-18,23H,6-7H2,1-5H3/t13?,14?,17-,18+/m1/s1. The Morgan fingerprint density at radius 1 is 0.958 bits per heavy atom. The van der Waals surface area contributed by atoms with E-state index in [0.29, 0.717) is 11.3 Å². The maximum Gasteiger partial charge on any atom is 0.171 e. The summed E-state index contributed by atoms with van der Waals surface area (Å²) in [5, 5.41) is 11.0. The maximum absolute atomic E-state index is 13.3. The van der Waals surface area contributed by atoms with E-state index in [1.807, 2.05) is 0 Å². The molecule has 0 saturated carbocycles. The number of benzene rings is 1. The minimum absolute atomic E-state index is 0.0665. The first kappa shape index (κ1) is 17.0. The number of rotatable bonds is 3. The zero-order valence-electron chi connectivity index (χ0n) is 15.4. The van der Waals surface area contributed by atoms with E-state index in [-0.39, 0.29) is 29.5 Å². The molecule has 0 amide bonds. The summed E-state index contributed by atoms with van der Waals surface area (Å²) >= 11 is 0. The number of hydrogen-bond acceptors (Lipinski definition) is 2. The van der Waals surface area contributed by atoms with Gasteiger partial charge in [0, 0.05) is 11.8 Å². The van der Waals surface area contributed by atoms with Crippen molar-refractivity contribution in [3.8, 4) is 0 Å². The second-order valence-corrected chi connectivity index (χ2v) is 7.44. The number of carbonyl (C=O) groups excluding carboxylic acids is 1. The third-order valence-corrected chi connectivity index (χ3v) is 5.82. The van der Waals surface area contributed by atoms with E-state index in [1.54, 1.807) is 0 Å². The Bertz CT molecular complexity index is 713. The molecule has 3 rings (SSSR count). The molecular formula is C22H28O2. The Hall–Kier alpha value is -1.83. The number of hydrogen-bond donors (Lipinski definition) is 1. The van der Waals surface area contributed by atoms with Crippen molar-refractivity contribution >= 4 is 11.4 Å². The molecule has 2 unspecified atom stereocenters. The monoisotopic (exact) mass is 324 g/mol. The lowest BCUT2D eigenvalue weighted by atomic mass is 9.72. The molecule has 128 valence electrons. The van der Waals surface area contributed by atoms with Crippen molar-refractivity contribution in [1.82, 2.24) is 0 Å². The van der Waals surface area contributed by atoms with Crippen molar-refractivity contribution in [2.24, 2.45) is 23.7 Å². The summed E-state index contributed by atoms with van der Waals surface area (Å²) in [4.78, 5) is 13.3. The van der Waals surface area contributed by atoms with E-state index in [0.717, 1.165) is 18.4 Å². The van der Waals surface area contributed by atoms with Gasteiger partial charge < -0.3 is 5.11 Å². The van der Waals surface area contributed by atoms with Crippen LogP contribution in [0.15, 0.2) is 30.0 Å². The Kier molecular flexibility index (Phi) is 4.42. The lowest BCUT2D eigenvalue weighted by molar-refractivity contribution is -0.119. The van der Waals surface area contributed by atoms with Crippen molar-refractivity contribution in [2.75, 3.05) is 0 Å². The Labute approximate surface area is 145 Å². The molecule has 0 aromatic heterocycles. The average Bonchev–Trinajstić information content (AvgIpc) is 2.82. The van der Waals surface area contributed by atoms with E-state index in [9.17, 15) is 9.90 Å². The van der Waals surface area contributed by atoms with Gasteiger partial charge in [0.15, 0.2) is 5.78 Å². The largest absolute Gasteiger partial charge is 0.511 e. The molecule has 2 aliphatic carbocycles. The van der Waals surface area contributed by atoms with Gasteiger partial charge >= 0.3 is 0 Å². The summed E-state index contributed by atoms with van der Waals surface area (Å²) in [6.45, 7) is 10.5. The van der Waals surface area contributed by atoms with Gasteiger partial charge in [-0.1, -0.05) is 57.5 Å². The van der Waals surface area contributed by atoms with Crippen molar-refractivity contribution in [3.05, 3.63) is 52.3 Å². The summed E-state index contributed by atoms with van der Waals surface area (Å²) in [6, 6.07) is 4.32. The van der Waals surface area contributed by atoms with Crippen molar-refractivity contribution in [2.45, 2.75) is 47.5 Å². The highest BCUT2D eigenvalue weighted by Gasteiger charge is 2.48. The van der Waals surface area contributed by atoms with Gasteiger partial charge in [0.1, 0.15) is 5.76 Å². The molecule has 0 spiro atoms. The molecule has 0 fully saturated rings. The number of fused-ring (bicyclic) bond motifs is 1. The molecule has 2 heteroatoms. The first-order valence-electron chi connectivity index (χ1n) is 9.19. The molecule has 0 aliphatic heterocycles. The fourth-order valence-corrected chi connectivity index (χ4v) is 4.60. The smallest absolute Gasteiger partial charge is 0.171 e. The summed E-state index contributed by atoms with van der Waals surface area (Å²) in [5.74, 6) is 0.655.